The highest BCUT2D eigenvalue weighted by molar-refractivity contribution is 5.90. The number of carbonyl (C=O) groups excluding carboxylic acids is 12. The summed E-state index contributed by atoms with van der Waals surface area (Å²) in [5, 5.41) is 32.4. The van der Waals surface area contributed by atoms with Crippen LogP contribution in [0.2, 0.25) is 0 Å². The van der Waals surface area contributed by atoms with Crippen molar-refractivity contribution >= 4 is 70.9 Å². The molecule has 0 aromatic carbocycles. The summed E-state index contributed by atoms with van der Waals surface area (Å²) in [5.41, 5.74) is 45.2. The Labute approximate surface area is 691 Å². The lowest BCUT2D eigenvalue weighted by atomic mass is 10.1. The van der Waals surface area contributed by atoms with E-state index in [0.717, 1.165) is 205 Å². The fourth-order valence-electron chi connectivity index (χ4n) is 13.5. The third-order valence-corrected chi connectivity index (χ3v) is 20.6. The number of rotatable bonds is 83. The summed E-state index contributed by atoms with van der Waals surface area (Å²) >= 11 is 0. The highest BCUT2D eigenvalue weighted by Gasteiger charge is 2.26. The van der Waals surface area contributed by atoms with Crippen molar-refractivity contribution in [2.24, 2.45) is 45.9 Å². The first kappa shape index (κ1) is 108. The lowest BCUT2D eigenvalue weighted by Crippen LogP contribution is -2.47. The summed E-state index contributed by atoms with van der Waals surface area (Å²) in [6.45, 7) is 6.06. The van der Waals surface area contributed by atoms with Crippen LogP contribution >= 0.6 is 0 Å². The van der Waals surface area contributed by atoms with Crippen molar-refractivity contribution in [1.82, 2.24) is 58.5 Å². The van der Waals surface area contributed by atoms with Crippen molar-refractivity contribution < 1.29 is 57.5 Å². The largest absolute Gasteiger partial charge is 0.368 e. The van der Waals surface area contributed by atoms with E-state index in [1.54, 1.807) is 0 Å². The van der Waals surface area contributed by atoms with E-state index in [1.807, 2.05) is 0 Å². The standard InChI is InChI=1S/C84H165N19O12/c85-55-31-13-1-7-19-50-74(105)99-68(44-26-33-57-87)80(111)94-63-39-15-3-9-21-52-76(107)101-70(46-28-35-59-89)82(113)96-65-41-17-5-11-23-54-78(109)103-72(48-30-37-61-91)84(115)97-66-42-18-6-12-24-53-77(108)102-71(47-29-36-60-90)83(114)95-64-40-16-4-10-22-51-75(106)100-69(45-27-34-58-88)81(112)93-62-38-14-2-8-20-49-73(104)98-67(79(92)110)43-25-32-56-86/h67-72H,1-66,85-91H2,(H2,92,110)(H,93,112)(H,94,111)(H,95,114)(H,96,113)(H,97,115)(H,98,104)(H,99,105)(H,100,106)(H,101,107)(H,102,108)(H,103,109). The third kappa shape index (κ3) is 66.0. The Morgan fingerprint density at radius 2 is 0.313 bits per heavy atom. The molecule has 0 bridgehead atoms. The quantitative estimate of drug-likeness (QED) is 0.0323. The van der Waals surface area contributed by atoms with E-state index >= 15 is 0 Å². The second-order valence-electron chi connectivity index (χ2n) is 31.2. The van der Waals surface area contributed by atoms with Gasteiger partial charge in [-0.15, -0.1) is 0 Å². The van der Waals surface area contributed by atoms with Gasteiger partial charge >= 0.3 is 0 Å². The molecule has 31 heteroatoms. The molecule has 0 radical (unpaired) electrons. The molecule has 0 aliphatic rings. The van der Waals surface area contributed by atoms with Gasteiger partial charge in [-0.05, 0) is 238 Å². The van der Waals surface area contributed by atoms with Crippen LogP contribution < -0.4 is 104 Å². The maximum atomic E-state index is 13.3. The normalized spacial score (nSPS) is 12.8. The second kappa shape index (κ2) is 78.5. The monoisotopic (exact) mass is 1630 g/mol. The van der Waals surface area contributed by atoms with E-state index in [0.29, 0.717) is 207 Å². The summed E-state index contributed by atoms with van der Waals surface area (Å²) in [7, 11) is 0. The number of carbonyl (C=O) groups is 12. The number of hydrogen-bond acceptors (Lipinski definition) is 19. The van der Waals surface area contributed by atoms with Gasteiger partial charge in [0.15, 0.2) is 0 Å². The predicted molar refractivity (Wildman–Crippen MR) is 459 cm³/mol. The van der Waals surface area contributed by atoms with Crippen LogP contribution in [0.5, 0.6) is 0 Å². The minimum atomic E-state index is -0.682. The van der Waals surface area contributed by atoms with E-state index < -0.39 is 42.2 Å². The number of unbranched alkanes of at least 4 members (excludes halogenated alkanes) is 30. The first-order valence-corrected chi connectivity index (χ1v) is 45.1. The van der Waals surface area contributed by atoms with Gasteiger partial charge in [-0.1, -0.05) is 116 Å². The van der Waals surface area contributed by atoms with Crippen molar-refractivity contribution in [2.75, 3.05) is 78.5 Å². The van der Waals surface area contributed by atoms with Gasteiger partial charge in [0.1, 0.15) is 36.3 Å². The van der Waals surface area contributed by atoms with Crippen LogP contribution in [0, 0.1) is 0 Å². The maximum absolute atomic E-state index is 13.3. The molecule has 0 aromatic rings. The lowest BCUT2D eigenvalue weighted by Gasteiger charge is -2.19. The maximum Gasteiger partial charge on any atom is 0.242 e. The second-order valence-corrected chi connectivity index (χ2v) is 31.2. The average molecular weight is 1630 g/mol. The Morgan fingerprint density at radius 3 is 0.487 bits per heavy atom. The summed E-state index contributed by atoms with van der Waals surface area (Å²) in [6, 6.07) is -3.87. The van der Waals surface area contributed by atoms with Crippen LogP contribution in [-0.2, 0) is 57.5 Å². The van der Waals surface area contributed by atoms with Crippen molar-refractivity contribution in [2.45, 2.75) is 383 Å². The van der Waals surface area contributed by atoms with Gasteiger partial charge in [0.05, 0.1) is 0 Å². The van der Waals surface area contributed by atoms with E-state index in [9.17, 15) is 57.5 Å². The first-order valence-electron chi connectivity index (χ1n) is 45.1. The Hall–Kier alpha value is -6.64. The number of nitrogens with two attached hydrogens (primary N) is 8. The molecule has 0 rings (SSSR count). The summed E-state index contributed by atoms with van der Waals surface area (Å²) in [4.78, 5) is 155. The molecule has 6 unspecified atom stereocenters. The number of primary amides is 1. The van der Waals surface area contributed by atoms with Gasteiger partial charge < -0.3 is 104 Å². The van der Waals surface area contributed by atoms with Gasteiger partial charge in [0, 0.05) is 71.2 Å². The molecule has 0 fully saturated rings. The van der Waals surface area contributed by atoms with Gasteiger partial charge in [-0.25, -0.2) is 0 Å². The van der Waals surface area contributed by atoms with Gasteiger partial charge in [-0.3, -0.25) is 57.5 Å². The van der Waals surface area contributed by atoms with Crippen LogP contribution in [0.3, 0.4) is 0 Å². The molecule has 0 aliphatic carbocycles. The molecule has 0 heterocycles. The molecule has 668 valence electrons. The van der Waals surface area contributed by atoms with Crippen LogP contribution in [0.4, 0.5) is 0 Å². The molecular formula is C84H165N19O12. The van der Waals surface area contributed by atoms with Crippen LogP contribution in [0.1, 0.15) is 347 Å². The van der Waals surface area contributed by atoms with Crippen LogP contribution in [0.15, 0.2) is 0 Å². The van der Waals surface area contributed by atoms with Crippen LogP contribution in [-0.4, -0.2) is 186 Å². The first-order chi connectivity index (χ1) is 55.8. The molecule has 0 saturated heterocycles. The van der Waals surface area contributed by atoms with E-state index in [-0.39, 0.29) is 77.8 Å². The fraction of sp³-hybridized carbons (Fsp3) is 0.857. The molecular weight excluding hydrogens is 1470 g/mol. The molecule has 6 atom stereocenters. The van der Waals surface area contributed by atoms with Crippen molar-refractivity contribution in [1.29, 1.82) is 0 Å². The molecule has 0 aromatic heterocycles. The van der Waals surface area contributed by atoms with Gasteiger partial charge in [-0.2, -0.15) is 0 Å². The fourth-order valence-corrected chi connectivity index (χ4v) is 13.5. The van der Waals surface area contributed by atoms with E-state index in [4.69, 9.17) is 45.9 Å². The number of nitrogens with one attached hydrogen (secondary N) is 11. The highest BCUT2D eigenvalue weighted by Crippen LogP contribution is 2.15. The summed E-state index contributed by atoms with van der Waals surface area (Å²) < 4.78 is 0. The van der Waals surface area contributed by atoms with E-state index in [1.165, 1.54) is 0 Å². The molecule has 0 spiro atoms. The Balaban J connectivity index is 4.62. The SMILES string of the molecule is NCCCCCCCC(=O)NC(CCCCN)C(=O)NCCCCCCCC(=O)NC(CCCCN)C(=O)NCCCCCCCC(=O)NC(CCCCN)C(=O)NCCCCCCCC(=O)NC(CCCCN)C(=O)NCCCCCCCC(=O)NC(CCCCN)C(=O)NCCCCCCCC(=O)NC(CCCCN)C(N)=O. The average Bonchev–Trinajstić information content (AvgIpc) is 0.939. The van der Waals surface area contributed by atoms with Crippen LogP contribution in [0.25, 0.3) is 0 Å². The summed E-state index contributed by atoms with van der Waals surface area (Å²) in [6.07, 6.45) is 38.4. The zero-order valence-corrected chi connectivity index (χ0v) is 71.2. The van der Waals surface area contributed by atoms with Gasteiger partial charge in [0.2, 0.25) is 70.9 Å². The molecule has 0 aliphatic heterocycles. The molecule has 115 heavy (non-hydrogen) atoms. The Kier molecular flexibility index (Phi) is 74.0. The summed E-state index contributed by atoms with van der Waals surface area (Å²) in [5.74, 6) is -2.57. The number of amides is 12. The lowest BCUT2D eigenvalue weighted by molar-refractivity contribution is -0.129. The minimum absolute atomic E-state index is 0.105. The third-order valence-electron chi connectivity index (χ3n) is 20.6. The van der Waals surface area contributed by atoms with Crippen molar-refractivity contribution in [3.05, 3.63) is 0 Å². The molecule has 12 amide bonds. The zero-order valence-electron chi connectivity index (χ0n) is 71.2. The topological polar surface area (TPSA) is 545 Å². The highest BCUT2D eigenvalue weighted by atomic mass is 16.2. The molecule has 0 saturated carbocycles. The van der Waals surface area contributed by atoms with Crippen molar-refractivity contribution in [3.8, 4) is 0 Å². The predicted octanol–water partition coefficient (Wildman–Crippen LogP) is 5.74. The van der Waals surface area contributed by atoms with Crippen molar-refractivity contribution in [3.63, 3.8) is 0 Å². The smallest absolute Gasteiger partial charge is 0.242 e. The van der Waals surface area contributed by atoms with E-state index in [2.05, 4.69) is 58.5 Å². The number of hydrogen-bond donors (Lipinski definition) is 19. The Bertz CT molecular complexity index is 2540. The Morgan fingerprint density at radius 1 is 0.174 bits per heavy atom. The molecule has 31 nitrogen and oxygen atoms in total. The van der Waals surface area contributed by atoms with Gasteiger partial charge in [0.25, 0.3) is 0 Å². The zero-order chi connectivity index (χ0) is 84.8. The molecule has 27 N–H and O–H groups in total. The minimum Gasteiger partial charge on any atom is -0.368 e.